The molecule has 646 valence electrons. The van der Waals surface area contributed by atoms with Gasteiger partial charge in [-0.05, 0) is 235 Å². The number of furan rings is 4. The summed E-state index contributed by atoms with van der Waals surface area (Å²) in [4.78, 5) is 58.0. The van der Waals surface area contributed by atoms with Crippen LogP contribution in [0.15, 0.2) is 370 Å². The molecule has 136 heavy (non-hydrogen) atoms. The van der Waals surface area contributed by atoms with Gasteiger partial charge in [0.2, 0.25) is 0 Å². The molecule has 0 spiro atoms. The number of pyridine rings is 3. The Morgan fingerprint density at radius 1 is 0.169 bits per heavy atom. The summed E-state index contributed by atoms with van der Waals surface area (Å²) in [5.41, 5.74) is 34.4. The van der Waals surface area contributed by atoms with Gasteiger partial charge >= 0.3 is 0 Å². The van der Waals surface area contributed by atoms with Gasteiger partial charge in [-0.1, -0.05) is 243 Å². The molecule has 0 N–H and O–H groups in total. The number of para-hydroxylation sites is 2. The summed E-state index contributed by atoms with van der Waals surface area (Å²) in [7, 11) is 0. The summed E-state index contributed by atoms with van der Waals surface area (Å²) in [5.74, 6) is 5.06. The fourth-order valence-corrected chi connectivity index (χ4v) is 21.4. The highest BCUT2D eigenvalue weighted by atomic mass is 16.3. The Balaban J connectivity index is 0.000000108. The van der Waals surface area contributed by atoms with E-state index in [1.807, 2.05) is 140 Å². The van der Waals surface area contributed by atoms with E-state index < -0.39 is 0 Å². The normalized spacial score (nSPS) is 14.0. The second-order valence-electron chi connectivity index (χ2n) is 37.8. The molecule has 0 unspecified atom stereocenters. The molecule has 16 heteroatoms. The molecule has 10 heterocycles. The Kier molecular flexibility index (Phi) is 17.7. The molecule has 0 aliphatic heterocycles. The van der Waals surface area contributed by atoms with Crippen LogP contribution in [-0.2, 0) is 21.7 Å². The topological polar surface area (TPSA) is 207 Å². The molecule has 28 rings (SSSR count). The van der Waals surface area contributed by atoms with E-state index in [1.54, 1.807) is 18.6 Å². The Morgan fingerprint density at radius 3 is 0.875 bits per heavy atom. The summed E-state index contributed by atoms with van der Waals surface area (Å²) >= 11 is 0. The molecule has 0 saturated heterocycles. The predicted octanol–water partition coefficient (Wildman–Crippen LogP) is 29.6. The summed E-state index contributed by atoms with van der Waals surface area (Å²) in [5, 5.41) is 8.43. The lowest BCUT2D eigenvalue weighted by Gasteiger charge is -2.21. The highest BCUT2D eigenvalue weighted by Crippen LogP contribution is 2.56. The van der Waals surface area contributed by atoms with Crippen molar-refractivity contribution in [2.24, 2.45) is 0 Å². The molecule has 24 aromatic rings. The monoisotopic (exact) mass is 1750 g/mol. The molecular formula is C120H82N12O4. The van der Waals surface area contributed by atoms with Gasteiger partial charge in [0, 0.05) is 111 Å². The van der Waals surface area contributed by atoms with Gasteiger partial charge in [-0.25, -0.2) is 44.9 Å². The Labute approximate surface area is 781 Å². The maximum Gasteiger partial charge on any atom is 0.182 e. The van der Waals surface area contributed by atoms with E-state index in [4.69, 9.17) is 62.5 Å². The quantitative estimate of drug-likeness (QED) is 0.132. The maximum absolute atomic E-state index is 6.55. The van der Waals surface area contributed by atoms with Crippen LogP contribution in [0.4, 0.5) is 0 Å². The SMILES string of the molecule is CC1(C)c2ccccc2-c2cc3c(cc21)oc1ccc(-c2nc(-c4ccccc4)nc(-c4ccccn4)n2)cc13.CC1(C)c2ccccc2-c2cc3c(cc21)oc1ccc(-c2nc(-c4ccccn4)nc(-c4ccccn4)n2)cc13.CC1(C)c2ccccc2-c2ccc(-c3nc(-c4ccc5oc6cc7c(cc6c5c4)-c4ccccc4C7(C)C)nc(-c4cccc5c4oc4ccccc45)n3)cc21. The fourth-order valence-electron chi connectivity index (χ4n) is 21.4. The molecular weight excluding hydrogens is 1670 g/mol. The van der Waals surface area contributed by atoms with Crippen LogP contribution in [0.5, 0.6) is 0 Å². The lowest BCUT2D eigenvalue weighted by atomic mass is 9.82. The Bertz CT molecular complexity index is 8710. The molecule has 4 aliphatic rings. The molecule has 14 aromatic carbocycles. The predicted molar refractivity (Wildman–Crippen MR) is 541 cm³/mol. The lowest BCUT2D eigenvalue weighted by Crippen LogP contribution is -2.15. The van der Waals surface area contributed by atoms with Gasteiger partial charge in [0.05, 0.1) is 5.56 Å². The van der Waals surface area contributed by atoms with Crippen molar-refractivity contribution in [3.63, 3.8) is 0 Å². The molecule has 4 aliphatic carbocycles. The zero-order valence-electron chi connectivity index (χ0n) is 75.5. The minimum atomic E-state index is -0.163. The van der Waals surface area contributed by atoms with Crippen molar-refractivity contribution in [2.75, 3.05) is 0 Å². The van der Waals surface area contributed by atoms with E-state index in [0.29, 0.717) is 69.5 Å². The van der Waals surface area contributed by atoms with Crippen LogP contribution in [0.2, 0.25) is 0 Å². The Hall–Kier alpha value is -17.2. The second-order valence-corrected chi connectivity index (χ2v) is 37.8. The van der Waals surface area contributed by atoms with Crippen molar-refractivity contribution in [3.05, 3.63) is 397 Å². The van der Waals surface area contributed by atoms with Gasteiger partial charge < -0.3 is 17.7 Å². The van der Waals surface area contributed by atoms with Crippen LogP contribution >= 0.6 is 0 Å². The van der Waals surface area contributed by atoms with Crippen molar-refractivity contribution in [1.29, 1.82) is 0 Å². The van der Waals surface area contributed by atoms with Gasteiger partial charge in [0.1, 0.15) is 61.7 Å². The van der Waals surface area contributed by atoms with E-state index in [2.05, 4.69) is 264 Å². The van der Waals surface area contributed by atoms with Gasteiger partial charge in [-0.2, -0.15) is 0 Å². The average Bonchev–Trinajstić information content (AvgIpc) is 1.59. The van der Waals surface area contributed by atoms with Crippen molar-refractivity contribution in [1.82, 2.24) is 59.8 Å². The van der Waals surface area contributed by atoms with Crippen LogP contribution in [0.1, 0.15) is 99.9 Å². The molecule has 0 amide bonds. The van der Waals surface area contributed by atoms with Crippen molar-refractivity contribution in [2.45, 2.75) is 77.0 Å². The molecule has 0 atom stereocenters. The smallest absolute Gasteiger partial charge is 0.182 e. The standard InChI is InChI=1S/C51H35N3O2.C35H24N4O.C34H23N5O/c1-50(2)39-17-8-5-12-30(39)32-22-20-29(25-41(32)50)48-52-47(53-49(54-48)35-16-11-15-34-33-14-7-10-19-43(33)56-46(34)35)28-21-23-44-37(24-28)38-26-36-31-13-6-9-18-40(31)51(3,4)42(36)27-45(38)55-44;1-35(2)27-13-7-6-12-23(27)24-19-26-25-18-22(15-16-30(25)40-31(26)20-28(24)35)33-37-32(21-10-4-3-5-11-21)38-34(39-33)29-14-8-9-17-36-29;1-34(2)25-10-4-3-9-21(25)22-18-24-23-17-20(13-14-29(23)40-30(24)19-26(22)34)31-37-32(27-11-5-7-15-35-27)39-33(38-31)28-12-6-8-16-36-28/h5-27H,1-4H3;3-20H,1-2H3;3-19H,1-2H3. The number of hydrogen-bond acceptors (Lipinski definition) is 16. The first kappa shape index (κ1) is 79.7. The van der Waals surface area contributed by atoms with Crippen LogP contribution in [0.3, 0.4) is 0 Å². The number of benzene rings is 14. The van der Waals surface area contributed by atoms with Crippen molar-refractivity contribution < 1.29 is 17.7 Å². The van der Waals surface area contributed by atoms with Crippen LogP contribution in [0.25, 0.3) is 235 Å². The van der Waals surface area contributed by atoms with Crippen LogP contribution in [-0.4, -0.2) is 59.8 Å². The minimum Gasteiger partial charge on any atom is -0.456 e. The summed E-state index contributed by atoms with van der Waals surface area (Å²) in [6.07, 6.45) is 5.23. The highest BCUT2D eigenvalue weighted by Gasteiger charge is 2.41. The first-order valence-electron chi connectivity index (χ1n) is 45.9. The van der Waals surface area contributed by atoms with E-state index in [-0.39, 0.29) is 21.7 Å². The van der Waals surface area contributed by atoms with E-state index in [9.17, 15) is 0 Å². The molecule has 0 bridgehead atoms. The third kappa shape index (κ3) is 12.6. The maximum atomic E-state index is 6.55. The average molecular weight is 1760 g/mol. The van der Waals surface area contributed by atoms with Gasteiger partial charge in [-0.15, -0.1) is 0 Å². The number of rotatable bonds is 9. The van der Waals surface area contributed by atoms with Gasteiger partial charge in [0.15, 0.2) is 52.4 Å². The molecule has 16 nitrogen and oxygen atoms in total. The molecule has 0 radical (unpaired) electrons. The van der Waals surface area contributed by atoms with Crippen LogP contribution in [0, 0.1) is 0 Å². The summed E-state index contributed by atoms with van der Waals surface area (Å²) < 4.78 is 25.8. The molecule has 0 saturated carbocycles. The Morgan fingerprint density at radius 2 is 0.463 bits per heavy atom. The van der Waals surface area contributed by atoms with E-state index in [0.717, 1.165) is 121 Å². The number of nitrogens with zero attached hydrogens (tertiary/aromatic N) is 12. The zero-order chi connectivity index (χ0) is 91.2. The fraction of sp³-hybridized carbons (Fsp3) is 0.100. The largest absolute Gasteiger partial charge is 0.456 e. The minimum absolute atomic E-state index is 0.0785. The highest BCUT2D eigenvalue weighted by molar-refractivity contribution is 6.13. The summed E-state index contributed by atoms with van der Waals surface area (Å²) in [6, 6.07) is 115. The first-order valence-corrected chi connectivity index (χ1v) is 45.9. The summed E-state index contributed by atoms with van der Waals surface area (Å²) in [6.45, 7) is 18.3. The number of fused-ring (bicyclic) bond motifs is 24. The molecule has 10 aromatic heterocycles. The number of hydrogen-bond donors (Lipinski definition) is 0. The van der Waals surface area contributed by atoms with E-state index in [1.165, 1.54) is 89.0 Å². The second kappa shape index (κ2) is 30.1. The number of aromatic nitrogens is 12. The van der Waals surface area contributed by atoms with Gasteiger partial charge in [-0.3, -0.25) is 15.0 Å². The van der Waals surface area contributed by atoms with Crippen molar-refractivity contribution in [3.8, 4) is 147 Å². The zero-order valence-corrected chi connectivity index (χ0v) is 75.5. The van der Waals surface area contributed by atoms with Crippen molar-refractivity contribution >= 4 is 87.8 Å². The molecule has 0 fully saturated rings. The third-order valence-electron chi connectivity index (χ3n) is 28.4. The third-order valence-corrected chi connectivity index (χ3v) is 28.4. The van der Waals surface area contributed by atoms with Gasteiger partial charge in [0.25, 0.3) is 0 Å². The lowest BCUT2D eigenvalue weighted by molar-refractivity contribution is 0.647. The first-order chi connectivity index (χ1) is 66.4. The van der Waals surface area contributed by atoms with Crippen LogP contribution < -0.4 is 0 Å². The van der Waals surface area contributed by atoms with E-state index >= 15 is 0 Å².